The fourth-order valence-corrected chi connectivity index (χ4v) is 4.58. The molecule has 0 radical (unpaired) electrons. The van der Waals surface area contributed by atoms with Crippen LogP contribution in [0.25, 0.3) is 22.4 Å². The second-order valence-corrected chi connectivity index (χ2v) is 8.29. The number of piperidine rings is 1. The number of hydrogen-bond donors (Lipinski definition) is 2. The Labute approximate surface area is 187 Å². The van der Waals surface area contributed by atoms with Crippen LogP contribution in [0.3, 0.4) is 0 Å². The first kappa shape index (κ1) is 20.5. The van der Waals surface area contributed by atoms with Crippen molar-refractivity contribution >= 4 is 17.3 Å². The van der Waals surface area contributed by atoms with Crippen molar-refractivity contribution in [3.63, 3.8) is 0 Å². The van der Waals surface area contributed by atoms with E-state index in [2.05, 4.69) is 43.2 Å². The molecule has 2 aromatic heterocycles. The zero-order valence-corrected chi connectivity index (χ0v) is 18.1. The largest absolute Gasteiger partial charge is 0.378 e. The van der Waals surface area contributed by atoms with Gasteiger partial charge in [0.25, 0.3) is 5.91 Å². The predicted octanol–water partition coefficient (Wildman–Crippen LogP) is 3.06. The van der Waals surface area contributed by atoms with Crippen molar-refractivity contribution in [3.8, 4) is 22.4 Å². The van der Waals surface area contributed by atoms with Gasteiger partial charge in [-0.15, -0.1) is 0 Å². The number of ether oxygens (including phenoxy) is 1. The van der Waals surface area contributed by atoms with E-state index < -0.39 is 5.91 Å². The molecule has 2 saturated heterocycles. The number of primary amides is 1. The lowest BCUT2D eigenvalue weighted by molar-refractivity contribution is 0.0996. The van der Waals surface area contributed by atoms with Crippen molar-refractivity contribution in [1.29, 1.82) is 0 Å². The number of hydrogen-bond acceptors (Lipinski definition) is 6. The van der Waals surface area contributed by atoms with Gasteiger partial charge in [0.1, 0.15) is 5.69 Å². The summed E-state index contributed by atoms with van der Waals surface area (Å²) >= 11 is 0. The van der Waals surface area contributed by atoms with Gasteiger partial charge in [-0.1, -0.05) is 0 Å². The van der Waals surface area contributed by atoms with Gasteiger partial charge >= 0.3 is 0 Å². The van der Waals surface area contributed by atoms with Crippen LogP contribution < -0.4 is 15.5 Å². The Kier molecular flexibility index (Phi) is 5.77. The van der Waals surface area contributed by atoms with Crippen LogP contribution in [0.5, 0.6) is 0 Å². The molecule has 166 valence electrons. The molecule has 4 heterocycles. The molecule has 8 heteroatoms. The smallest absolute Gasteiger partial charge is 0.267 e. The van der Waals surface area contributed by atoms with Crippen LogP contribution in [0.1, 0.15) is 29.8 Å². The van der Waals surface area contributed by atoms with E-state index in [1.807, 2.05) is 12.1 Å². The highest BCUT2D eigenvalue weighted by Gasteiger charge is 2.22. The Morgan fingerprint density at radius 3 is 2.50 bits per heavy atom. The number of aromatic nitrogens is 3. The number of carbonyl (C=O) groups is 1. The minimum atomic E-state index is -0.535. The van der Waals surface area contributed by atoms with Crippen LogP contribution in [-0.2, 0) is 4.74 Å². The van der Waals surface area contributed by atoms with Crippen molar-refractivity contribution in [2.45, 2.75) is 19.3 Å². The van der Waals surface area contributed by atoms with E-state index in [0.29, 0.717) is 5.69 Å². The number of morpholine rings is 1. The quantitative estimate of drug-likeness (QED) is 0.643. The van der Waals surface area contributed by atoms with Crippen molar-refractivity contribution in [1.82, 2.24) is 15.2 Å². The summed E-state index contributed by atoms with van der Waals surface area (Å²) in [6.45, 7) is 5.16. The lowest BCUT2D eigenvalue weighted by Crippen LogP contribution is -2.36. The lowest BCUT2D eigenvalue weighted by Gasteiger charge is -2.33. The van der Waals surface area contributed by atoms with Gasteiger partial charge in [0.2, 0.25) is 0 Å². The minimum absolute atomic E-state index is 0.279. The van der Waals surface area contributed by atoms with Gasteiger partial charge in [-0.3, -0.25) is 9.89 Å². The Bertz CT molecular complexity index is 1090. The van der Waals surface area contributed by atoms with Crippen LogP contribution in [0, 0.1) is 0 Å². The second-order valence-electron chi connectivity index (χ2n) is 8.29. The maximum atomic E-state index is 12.5. The Morgan fingerprint density at radius 2 is 1.78 bits per heavy atom. The number of nitrogens with one attached hydrogen (secondary N) is 1. The van der Waals surface area contributed by atoms with Crippen LogP contribution in [0.4, 0.5) is 11.4 Å². The summed E-state index contributed by atoms with van der Waals surface area (Å²) in [4.78, 5) is 21.9. The van der Waals surface area contributed by atoms with E-state index >= 15 is 0 Å². The van der Waals surface area contributed by atoms with Crippen molar-refractivity contribution in [2.24, 2.45) is 5.73 Å². The Balaban J connectivity index is 1.63. The Morgan fingerprint density at radius 1 is 0.969 bits per heavy atom. The molecule has 8 nitrogen and oxygen atoms in total. The normalized spacial score (nSPS) is 16.9. The molecule has 1 aromatic carbocycles. The van der Waals surface area contributed by atoms with E-state index in [1.54, 1.807) is 12.4 Å². The average molecular weight is 433 g/mol. The molecule has 3 N–H and O–H groups in total. The van der Waals surface area contributed by atoms with Gasteiger partial charge in [-0.05, 0) is 49.6 Å². The highest BCUT2D eigenvalue weighted by molar-refractivity contribution is 6.00. The number of benzene rings is 1. The average Bonchev–Trinajstić information content (AvgIpc) is 3.39. The molecule has 2 aliphatic heterocycles. The molecule has 32 heavy (non-hydrogen) atoms. The molecule has 3 aromatic rings. The van der Waals surface area contributed by atoms with Crippen molar-refractivity contribution in [2.75, 3.05) is 49.2 Å². The van der Waals surface area contributed by atoms with Gasteiger partial charge < -0.3 is 20.3 Å². The molecule has 5 rings (SSSR count). The molecule has 0 bridgehead atoms. The van der Waals surface area contributed by atoms with E-state index in [0.717, 1.165) is 67.5 Å². The number of carbonyl (C=O) groups excluding carboxylic acids is 1. The molecule has 2 fully saturated rings. The molecule has 0 aliphatic carbocycles. The third-order valence-electron chi connectivity index (χ3n) is 6.27. The van der Waals surface area contributed by atoms with Crippen molar-refractivity contribution < 1.29 is 9.53 Å². The molecular weight excluding hydrogens is 404 g/mol. The molecule has 0 atom stereocenters. The fourth-order valence-electron chi connectivity index (χ4n) is 4.58. The minimum Gasteiger partial charge on any atom is -0.378 e. The highest BCUT2D eigenvalue weighted by Crippen LogP contribution is 2.38. The SMILES string of the molecule is NC(=O)c1nc(-c2cn[nH]c2)ccc1-c1cc(N2CCOCC2)ccc1N1CCCCC1. The topological polar surface area (TPSA) is 100 Å². The first-order chi connectivity index (χ1) is 15.7. The lowest BCUT2D eigenvalue weighted by atomic mass is 9.97. The molecule has 2 aliphatic rings. The van der Waals surface area contributed by atoms with Gasteiger partial charge in [0.15, 0.2) is 0 Å². The van der Waals surface area contributed by atoms with Crippen LogP contribution in [-0.4, -0.2) is 60.5 Å². The molecule has 0 spiro atoms. The monoisotopic (exact) mass is 432 g/mol. The molecular formula is C24H28N6O2. The van der Waals surface area contributed by atoms with Crippen LogP contribution in [0.15, 0.2) is 42.7 Å². The van der Waals surface area contributed by atoms with Gasteiger partial charge in [0, 0.05) is 60.4 Å². The standard InChI is InChI=1S/C24H28N6O2/c25-24(31)23-19(5-6-21(28-23)17-15-26-27-16-17)20-14-18(29-10-12-32-13-11-29)4-7-22(20)30-8-2-1-3-9-30/h4-7,14-16H,1-3,8-13H2,(H2,25,31)(H,26,27). The first-order valence-electron chi connectivity index (χ1n) is 11.2. The van der Waals surface area contributed by atoms with E-state index in [-0.39, 0.29) is 5.69 Å². The van der Waals surface area contributed by atoms with E-state index in [9.17, 15) is 4.79 Å². The molecule has 0 unspecified atom stereocenters. The summed E-state index contributed by atoms with van der Waals surface area (Å²) in [6.07, 6.45) is 7.04. The molecule has 0 saturated carbocycles. The Hall–Kier alpha value is -3.39. The third-order valence-corrected chi connectivity index (χ3v) is 6.27. The maximum Gasteiger partial charge on any atom is 0.267 e. The predicted molar refractivity (Wildman–Crippen MR) is 125 cm³/mol. The molecule has 1 amide bonds. The van der Waals surface area contributed by atoms with Gasteiger partial charge in [0.05, 0.1) is 25.1 Å². The summed E-state index contributed by atoms with van der Waals surface area (Å²) in [7, 11) is 0. The van der Waals surface area contributed by atoms with Gasteiger partial charge in [-0.2, -0.15) is 5.10 Å². The number of H-pyrrole nitrogens is 1. The number of rotatable bonds is 5. The number of aromatic amines is 1. The maximum absolute atomic E-state index is 12.5. The summed E-state index contributed by atoms with van der Waals surface area (Å²) < 4.78 is 5.53. The zero-order valence-electron chi connectivity index (χ0n) is 18.1. The second kappa shape index (κ2) is 9.00. The van der Waals surface area contributed by atoms with Crippen LogP contribution in [0.2, 0.25) is 0 Å². The summed E-state index contributed by atoms with van der Waals surface area (Å²) in [6, 6.07) is 10.4. The number of amides is 1. The van der Waals surface area contributed by atoms with E-state index in [1.165, 1.54) is 19.3 Å². The van der Waals surface area contributed by atoms with Gasteiger partial charge in [-0.25, -0.2) is 4.98 Å². The number of pyridine rings is 1. The van der Waals surface area contributed by atoms with Crippen LogP contribution >= 0.6 is 0 Å². The first-order valence-corrected chi connectivity index (χ1v) is 11.2. The summed E-state index contributed by atoms with van der Waals surface area (Å²) in [5.74, 6) is -0.535. The fraction of sp³-hybridized carbons (Fsp3) is 0.375. The van der Waals surface area contributed by atoms with Crippen molar-refractivity contribution in [3.05, 3.63) is 48.4 Å². The summed E-state index contributed by atoms with van der Waals surface area (Å²) in [5, 5.41) is 6.78. The highest BCUT2D eigenvalue weighted by atomic mass is 16.5. The summed E-state index contributed by atoms with van der Waals surface area (Å²) in [5.41, 5.74) is 11.6. The number of anilines is 2. The number of nitrogens with zero attached hydrogens (tertiary/aromatic N) is 4. The zero-order chi connectivity index (χ0) is 21.9. The number of nitrogens with two attached hydrogens (primary N) is 1. The third kappa shape index (κ3) is 4.05. The van der Waals surface area contributed by atoms with E-state index in [4.69, 9.17) is 10.5 Å².